The average molecular weight is 465 g/mol. The van der Waals surface area contributed by atoms with E-state index >= 15 is 0 Å². The summed E-state index contributed by atoms with van der Waals surface area (Å²) >= 11 is 0. The van der Waals surface area contributed by atoms with Crippen LogP contribution in [-0.2, 0) is 24.2 Å². The zero-order chi connectivity index (χ0) is 24.5. The summed E-state index contributed by atoms with van der Waals surface area (Å²) in [7, 11) is 0. The number of hydrogen-bond donors (Lipinski definition) is 2. The zero-order valence-corrected chi connectivity index (χ0v) is 21.6. The third-order valence-corrected chi connectivity index (χ3v) is 6.24. The summed E-state index contributed by atoms with van der Waals surface area (Å²) in [6, 6.07) is 0. The van der Waals surface area contributed by atoms with E-state index in [0.29, 0.717) is 13.0 Å². The van der Waals surface area contributed by atoms with Gasteiger partial charge in [-0.05, 0) is 56.1 Å². The van der Waals surface area contributed by atoms with Crippen LogP contribution in [0.4, 0.5) is 0 Å². The van der Waals surface area contributed by atoms with Crippen molar-refractivity contribution in [2.75, 3.05) is 6.61 Å². The van der Waals surface area contributed by atoms with Crippen molar-refractivity contribution in [2.45, 2.75) is 130 Å². The molecule has 0 unspecified atom stereocenters. The number of carbonyl (C=O) groups is 1. The van der Waals surface area contributed by atoms with Gasteiger partial charge in [-0.1, -0.05) is 85.5 Å². The highest BCUT2D eigenvalue weighted by atomic mass is 17.2. The molecule has 1 aromatic carbocycles. The fourth-order valence-corrected chi connectivity index (χ4v) is 4.40. The lowest BCUT2D eigenvalue weighted by Crippen LogP contribution is -2.14. The number of hydrogen-bond acceptors (Lipinski definition) is 4. The highest BCUT2D eigenvalue weighted by molar-refractivity contribution is 5.94. The van der Waals surface area contributed by atoms with Gasteiger partial charge in [-0.25, -0.2) is 4.79 Å². The van der Waals surface area contributed by atoms with Crippen molar-refractivity contribution in [3.8, 4) is 11.5 Å². The van der Waals surface area contributed by atoms with Crippen LogP contribution in [-0.4, -0.2) is 22.8 Å². The molecule has 0 aliphatic heterocycles. The first kappa shape index (κ1) is 29.3. The van der Waals surface area contributed by atoms with Gasteiger partial charge in [0.05, 0.1) is 6.61 Å². The van der Waals surface area contributed by atoms with Crippen molar-refractivity contribution in [3.63, 3.8) is 0 Å². The number of carboxylic acid groups (broad SMARTS) is 1. The van der Waals surface area contributed by atoms with Crippen molar-refractivity contribution in [2.24, 2.45) is 0 Å². The van der Waals surface area contributed by atoms with E-state index in [1.807, 2.05) is 6.92 Å². The summed E-state index contributed by atoms with van der Waals surface area (Å²) < 4.78 is 0. The van der Waals surface area contributed by atoms with Crippen LogP contribution < -0.4 is 4.89 Å². The van der Waals surface area contributed by atoms with Gasteiger partial charge in [0, 0.05) is 5.56 Å². The predicted octanol–water partition coefficient (Wildman–Crippen LogP) is 8.18. The molecule has 0 heterocycles. The predicted molar refractivity (Wildman–Crippen MR) is 135 cm³/mol. The third-order valence-electron chi connectivity index (χ3n) is 6.24. The topological polar surface area (TPSA) is 76.0 Å². The monoisotopic (exact) mass is 464 g/mol. The first-order chi connectivity index (χ1) is 16.0. The van der Waals surface area contributed by atoms with E-state index in [4.69, 9.17) is 9.78 Å². The molecule has 5 nitrogen and oxygen atoms in total. The summed E-state index contributed by atoms with van der Waals surface area (Å²) in [5, 5.41) is 21.1. The maximum absolute atomic E-state index is 12.3. The number of carboxylic acids is 1. The molecule has 0 atom stereocenters. The molecule has 190 valence electrons. The summed E-state index contributed by atoms with van der Waals surface area (Å²) in [5.74, 6) is -1.14. The number of phenols is 1. The molecule has 0 aliphatic carbocycles. The molecule has 0 aliphatic rings. The standard InChI is InChI=1S/C28H48O5/c1-5-9-12-15-18-22-23(19-16-13-10-6-2)25(28(30)31)26(29)27(33-32-21-8-4)24(22)20-17-14-11-7-3/h29H,5-21H2,1-4H3,(H,30,31). The van der Waals surface area contributed by atoms with Crippen LogP contribution in [0.3, 0.4) is 0 Å². The van der Waals surface area contributed by atoms with Gasteiger partial charge in [0.25, 0.3) is 0 Å². The van der Waals surface area contributed by atoms with Gasteiger partial charge in [0.1, 0.15) is 5.56 Å². The number of aromatic hydroxyl groups is 1. The largest absolute Gasteiger partial charge is 0.504 e. The summed E-state index contributed by atoms with van der Waals surface area (Å²) in [5.41, 5.74) is 2.83. The van der Waals surface area contributed by atoms with Crippen molar-refractivity contribution < 1.29 is 24.8 Å². The molecule has 0 radical (unpaired) electrons. The minimum Gasteiger partial charge on any atom is -0.504 e. The van der Waals surface area contributed by atoms with Crippen LogP contribution in [0.15, 0.2) is 0 Å². The number of aromatic carboxylic acids is 1. The Morgan fingerprint density at radius 3 is 1.61 bits per heavy atom. The Morgan fingerprint density at radius 1 is 0.667 bits per heavy atom. The maximum Gasteiger partial charge on any atom is 0.339 e. The van der Waals surface area contributed by atoms with Gasteiger partial charge in [0.2, 0.25) is 5.75 Å². The second kappa shape index (κ2) is 17.7. The Kier molecular flexibility index (Phi) is 15.7. The number of benzene rings is 1. The molecule has 0 fully saturated rings. The fraction of sp³-hybridized carbons (Fsp3) is 0.750. The second-order valence-corrected chi connectivity index (χ2v) is 9.13. The molecular formula is C28H48O5. The Labute approximate surface area is 201 Å². The van der Waals surface area contributed by atoms with Gasteiger partial charge < -0.3 is 15.1 Å². The molecule has 0 saturated heterocycles. The van der Waals surface area contributed by atoms with Crippen LogP contribution in [0.25, 0.3) is 0 Å². The summed E-state index contributed by atoms with van der Waals surface area (Å²) in [6.07, 6.45) is 16.2. The Balaban J connectivity index is 3.49. The molecule has 1 rings (SSSR count). The fourth-order valence-electron chi connectivity index (χ4n) is 4.40. The third kappa shape index (κ3) is 9.95. The molecule has 5 heteroatoms. The van der Waals surface area contributed by atoms with Crippen molar-refractivity contribution in [3.05, 3.63) is 22.3 Å². The van der Waals surface area contributed by atoms with Gasteiger partial charge in [-0.15, -0.1) is 0 Å². The Morgan fingerprint density at radius 2 is 1.15 bits per heavy atom. The van der Waals surface area contributed by atoms with E-state index in [9.17, 15) is 15.0 Å². The molecule has 0 saturated carbocycles. The van der Waals surface area contributed by atoms with Gasteiger partial charge >= 0.3 is 5.97 Å². The molecule has 0 amide bonds. The van der Waals surface area contributed by atoms with Gasteiger partial charge in [-0.3, -0.25) is 0 Å². The van der Waals surface area contributed by atoms with Crippen molar-refractivity contribution in [1.29, 1.82) is 0 Å². The van der Waals surface area contributed by atoms with Crippen LogP contribution in [0.2, 0.25) is 0 Å². The number of unbranched alkanes of at least 4 members (excludes halogenated alkanes) is 9. The van der Waals surface area contributed by atoms with Gasteiger partial charge in [0.15, 0.2) is 5.75 Å². The first-order valence-electron chi connectivity index (χ1n) is 13.4. The highest BCUT2D eigenvalue weighted by Gasteiger charge is 2.28. The van der Waals surface area contributed by atoms with E-state index in [0.717, 1.165) is 107 Å². The maximum atomic E-state index is 12.3. The molecule has 0 bridgehead atoms. The molecule has 33 heavy (non-hydrogen) atoms. The van der Waals surface area contributed by atoms with Gasteiger partial charge in [-0.2, -0.15) is 4.89 Å². The molecular weight excluding hydrogens is 416 g/mol. The zero-order valence-electron chi connectivity index (χ0n) is 21.6. The molecule has 2 N–H and O–H groups in total. The highest BCUT2D eigenvalue weighted by Crippen LogP contribution is 2.42. The van der Waals surface area contributed by atoms with E-state index < -0.39 is 5.97 Å². The van der Waals surface area contributed by atoms with Crippen LogP contribution in [0, 0.1) is 0 Å². The average Bonchev–Trinajstić information content (AvgIpc) is 2.79. The summed E-state index contributed by atoms with van der Waals surface area (Å²) in [6.45, 7) is 8.93. The smallest absolute Gasteiger partial charge is 0.339 e. The lowest BCUT2D eigenvalue weighted by atomic mass is 9.85. The minimum absolute atomic E-state index is 0.00407. The minimum atomic E-state index is -1.09. The Hall–Kier alpha value is -1.75. The lowest BCUT2D eigenvalue weighted by Gasteiger charge is -2.22. The van der Waals surface area contributed by atoms with Crippen LogP contribution in [0.5, 0.6) is 11.5 Å². The summed E-state index contributed by atoms with van der Waals surface area (Å²) in [4.78, 5) is 23.3. The first-order valence-corrected chi connectivity index (χ1v) is 13.4. The van der Waals surface area contributed by atoms with E-state index in [2.05, 4.69) is 20.8 Å². The van der Waals surface area contributed by atoms with Crippen molar-refractivity contribution >= 4 is 5.97 Å². The molecule has 0 aromatic heterocycles. The Bertz CT molecular complexity index is 684. The number of rotatable bonds is 20. The van der Waals surface area contributed by atoms with E-state index in [1.165, 1.54) is 6.42 Å². The van der Waals surface area contributed by atoms with Crippen molar-refractivity contribution in [1.82, 2.24) is 0 Å². The normalized spacial score (nSPS) is 11.2. The van der Waals surface area contributed by atoms with E-state index in [-0.39, 0.29) is 17.1 Å². The van der Waals surface area contributed by atoms with Crippen LogP contribution in [0.1, 0.15) is 138 Å². The quantitative estimate of drug-likeness (QED) is 0.116. The molecule has 1 aromatic rings. The SMILES string of the molecule is CCCCCCc1c(CCCCCC)c(OOCCC)c(O)c(C(=O)O)c1CCCCCC. The van der Waals surface area contributed by atoms with E-state index in [1.54, 1.807) is 0 Å². The second-order valence-electron chi connectivity index (χ2n) is 9.13. The molecule has 0 spiro atoms. The lowest BCUT2D eigenvalue weighted by molar-refractivity contribution is -0.207. The van der Waals surface area contributed by atoms with Crippen LogP contribution >= 0.6 is 0 Å².